The number of rotatable bonds is 7. The normalized spacial score (nSPS) is 23.1. The van der Waals surface area contributed by atoms with E-state index in [2.05, 4.69) is 16.6 Å². The number of fused-ring (bicyclic) bond motifs is 1. The summed E-state index contributed by atoms with van der Waals surface area (Å²) in [6.07, 6.45) is 10.9. The Morgan fingerprint density at radius 2 is 2.03 bits per heavy atom. The number of amides is 2. The van der Waals surface area contributed by atoms with Crippen molar-refractivity contribution < 1.29 is 18.0 Å². The van der Waals surface area contributed by atoms with Crippen LogP contribution in [0.25, 0.3) is 0 Å². The molecule has 3 aliphatic rings. The summed E-state index contributed by atoms with van der Waals surface area (Å²) < 4.78 is 27.0. The van der Waals surface area contributed by atoms with Crippen molar-refractivity contribution in [3.05, 3.63) is 23.9 Å². The maximum atomic E-state index is 12.9. The lowest BCUT2D eigenvalue weighted by Gasteiger charge is -2.33. The highest BCUT2D eigenvalue weighted by atomic mass is 32.2. The molecule has 160 valence electrons. The van der Waals surface area contributed by atoms with Crippen molar-refractivity contribution in [3.63, 3.8) is 0 Å². The average molecular weight is 423 g/mol. The van der Waals surface area contributed by atoms with Crippen LogP contribution in [-0.4, -0.2) is 67.8 Å². The van der Waals surface area contributed by atoms with Crippen molar-refractivity contribution in [1.82, 2.24) is 15.1 Å². The molecular formula is C20H30N4O4S. The van der Waals surface area contributed by atoms with E-state index in [0.29, 0.717) is 31.0 Å². The smallest absolute Gasteiger partial charge is 0.256 e. The van der Waals surface area contributed by atoms with Crippen molar-refractivity contribution in [1.29, 1.82) is 0 Å². The molecule has 3 rings (SSSR count). The summed E-state index contributed by atoms with van der Waals surface area (Å²) in [5.41, 5.74) is 0.490. The lowest BCUT2D eigenvalue weighted by Crippen LogP contribution is -2.46. The molecule has 0 aromatic rings. The van der Waals surface area contributed by atoms with Gasteiger partial charge in [-0.15, -0.1) is 4.40 Å². The van der Waals surface area contributed by atoms with Gasteiger partial charge in [0.25, 0.3) is 15.9 Å². The summed E-state index contributed by atoms with van der Waals surface area (Å²) in [7, 11) is -3.42. The van der Waals surface area contributed by atoms with Crippen LogP contribution in [0.15, 0.2) is 28.3 Å². The van der Waals surface area contributed by atoms with Crippen LogP contribution in [0, 0.1) is 5.92 Å². The molecule has 0 aromatic carbocycles. The Morgan fingerprint density at radius 3 is 2.83 bits per heavy atom. The molecule has 0 aliphatic carbocycles. The van der Waals surface area contributed by atoms with E-state index in [1.807, 2.05) is 0 Å². The zero-order chi connectivity index (χ0) is 20.9. The second-order valence-electron chi connectivity index (χ2n) is 7.79. The minimum Gasteiger partial charge on any atom is -0.356 e. The molecule has 3 aliphatic heterocycles. The Morgan fingerprint density at radius 1 is 1.21 bits per heavy atom. The molecule has 1 fully saturated rings. The predicted octanol–water partition coefficient (Wildman–Crippen LogP) is 1.42. The highest BCUT2D eigenvalue weighted by Gasteiger charge is 2.31. The van der Waals surface area contributed by atoms with E-state index in [-0.39, 0.29) is 30.0 Å². The van der Waals surface area contributed by atoms with Crippen LogP contribution in [0.1, 0.15) is 45.4 Å². The Hall–Kier alpha value is -2.16. The third-order valence-electron chi connectivity index (χ3n) is 5.48. The van der Waals surface area contributed by atoms with Gasteiger partial charge in [-0.1, -0.05) is 26.2 Å². The Balaban J connectivity index is 1.56. The number of unbranched alkanes of at least 4 members (excludes halogenated alkanes) is 3. The number of amidine groups is 1. The quantitative estimate of drug-likeness (QED) is 0.626. The van der Waals surface area contributed by atoms with Crippen LogP contribution in [0.5, 0.6) is 0 Å². The molecule has 3 heterocycles. The van der Waals surface area contributed by atoms with Gasteiger partial charge in [0.15, 0.2) is 0 Å². The third-order valence-corrected chi connectivity index (χ3v) is 6.64. The summed E-state index contributed by atoms with van der Waals surface area (Å²) >= 11 is 0. The summed E-state index contributed by atoms with van der Waals surface area (Å²) in [6.45, 7) is 4.17. The molecule has 1 N–H and O–H groups in total. The first-order chi connectivity index (χ1) is 13.9. The number of hydrogen-bond acceptors (Lipinski definition) is 5. The van der Waals surface area contributed by atoms with Crippen LogP contribution in [0.4, 0.5) is 0 Å². The number of nitrogens with one attached hydrogen (secondary N) is 1. The Kier molecular flexibility index (Phi) is 7.10. The Bertz CT molecular complexity index is 831. The number of hydrogen-bond donors (Lipinski definition) is 1. The van der Waals surface area contributed by atoms with Gasteiger partial charge in [0.05, 0.1) is 17.2 Å². The molecule has 0 bridgehead atoms. The van der Waals surface area contributed by atoms with Crippen LogP contribution < -0.4 is 5.32 Å². The number of carbonyl (C=O) groups is 2. The minimum atomic E-state index is -3.42. The molecule has 8 nitrogen and oxygen atoms in total. The predicted molar refractivity (Wildman–Crippen MR) is 112 cm³/mol. The first-order valence-corrected chi connectivity index (χ1v) is 12.1. The van der Waals surface area contributed by atoms with Gasteiger partial charge in [0.2, 0.25) is 5.91 Å². The topological polar surface area (TPSA) is 99.1 Å². The summed E-state index contributed by atoms with van der Waals surface area (Å²) in [4.78, 5) is 28.8. The van der Waals surface area contributed by atoms with E-state index in [1.54, 1.807) is 28.2 Å². The monoisotopic (exact) mass is 422 g/mol. The van der Waals surface area contributed by atoms with Gasteiger partial charge in [0, 0.05) is 32.4 Å². The fraction of sp³-hybridized carbons (Fsp3) is 0.650. The van der Waals surface area contributed by atoms with Gasteiger partial charge in [-0.2, -0.15) is 0 Å². The third kappa shape index (κ3) is 5.68. The Labute approximate surface area is 172 Å². The molecular weight excluding hydrogens is 392 g/mol. The molecule has 0 radical (unpaired) electrons. The van der Waals surface area contributed by atoms with Crippen LogP contribution >= 0.6 is 0 Å². The molecule has 9 heteroatoms. The van der Waals surface area contributed by atoms with Gasteiger partial charge >= 0.3 is 0 Å². The van der Waals surface area contributed by atoms with Crippen molar-refractivity contribution in [2.24, 2.45) is 10.3 Å². The SMILES string of the molecule is CCCCCCNC(=O)C1CCCN(C(=O)C2=CN3CCS(=O)(=O)N=C3C=C2)C1. The van der Waals surface area contributed by atoms with Crippen molar-refractivity contribution in [2.45, 2.75) is 45.4 Å². The molecule has 0 aromatic heterocycles. The minimum absolute atomic E-state index is 0.0304. The van der Waals surface area contributed by atoms with Crippen molar-refractivity contribution in [2.75, 3.05) is 31.9 Å². The van der Waals surface area contributed by atoms with E-state index in [1.165, 1.54) is 12.8 Å². The second kappa shape index (κ2) is 9.56. The number of nitrogens with zero attached hydrogens (tertiary/aromatic N) is 3. The van der Waals surface area contributed by atoms with E-state index < -0.39 is 10.0 Å². The van der Waals surface area contributed by atoms with Crippen LogP contribution in [0.2, 0.25) is 0 Å². The van der Waals surface area contributed by atoms with Crippen molar-refractivity contribution in [3.8, 4) is 0 Å². The molecule has 1 saturated heterocycles. The van der Waals surface area contributed by atoms with Gasteiger partial charge in [-0.3, -0.25) is 9.59 Å². The molecule has 0 spiro atoms. The van der Waals surface area contributed by atoms with E-state index in [4.69, 9.17) is 0 Å². The number of carbonyl (C=O) groups excluding carboxylic acids is 2. The zero-order valence-electron chi connectivity index (χ0n) is 17.0. The first kappa shape index (κ1) is 21.5. The second-order valence-corrected chi connectivity index (χ2v) is 9.54. The van der Waals surface area contributed by atoms with Crippen LogP contribution in [-0.2, 0) is 19.6 Å². The summed E-state index contributed by atoms with van der Waals surface area (Å²) in [6, 6.07) is 0. The molecule has 29 heavy (non-hydrogen) atoms. The highest BCUT2D eigenvalue weighted by Crippen LogP contribution is 2.22. The van der Waals surface area contributed by atoms with E-state index in [9.17, 15) is 18.0 Å². The summed E-state index contributed by atoms with van der Waals surface area (Å²) in [5.74, 6) is 0.0000552. The zero-order valence-corrected chi connectivity index (χ0v) is 17.8. The van der Waals surface area contributed by atoms with Gasteiger partial charge in [0.1, 0.15) is 5.84 Å². The lowest BCUT2D eigenvalue weighted by molar-refractivity contribution is -0.132. The molecule has 1 atom stereocenters. The maximum absolute atomic E-state index is 12.9. The molecule has 1 unspecified atom stereocenters. The van der Waals surface area contributed by atoms with Gasteiger partial charge < -0.3 is 15.1 Å². The fourth-order valence-electron chi connectivity index (χ4n) is 3.79. The maximum Gasteiger partial charge on any atom is 0.256 e. The highest BCUT2D eigenvalue weighted by molar-refractivity contribution is 7.90. The number of piperidine rings is 1. The lowest BCUT2D eigenvalue weighted by atomic mass is 9.96. The summed E-state index contributed by atoms with van der Waals surface area (Å²) in [5, 5.41) is 3.01. The molecule has 2 amide bonds. The van der Waals surface area contributed by atoms with Crippen molar-refractivity contribution >= 4 is 27.7 Å². The first-order valence-electron chi connectivity index (χ1n) is 10.5. The van der Waals surface area contributed by atoms with Gasteiger partial charge in [-0.05, 0) is 31.4 Å². The average Bonchev–Trinajstić information content (AvgIpc) is 2.72. The largest absolute Gasteiger partial charge is 0.356 e. The van der Waals surface area contributed by atoms with E-state index in [0.717, 1.165) is 25.7 Å². The van der Waals surface area contributed by atoms with Crippen LogP contribution in [0.3, 0.4) is 0 Å². The number of sulfonamides is 1. The molecule has 0 saturated carbocycles. The number of likely N-dealkylation sites (tertiary alicyclic amines) is 1. The van der Waals surface area contributed by atoms with E-state index >= 15 is 0 Å². The fourth-order valence-corrected chi connectivity index (χ4v) is 4.76. The van der Waals surface area contributed by atoms with Gasteiger partial charge in [-0.25, -0.2) is 8.42 Å². The standard InChI is InChI=1S/C20H30N4O4S/c1-2-3-4-5-10-21-19(25)16-7-6-11-24(14-16)20(26)17-8-9-18-22-29(27,28)13-12-23(18)15-17/h8-9,15-16H,2-7,10-14H2,1H3,(H,21,25).